The average Bonchev–Trinajstić information content (AvgIpc) is 3.18. The lowest BCUT2D eigenvalue weighted by atomic mass is 10.0. The van der Waals surface area contributed by atoms with Gasteiger partial charge in [-0.3, -0.25) is 0 Å². The van der Waals surface area contributed by atoms with Gasteiger partial charge < -0.3 is 0 Å². The molecule has 0 bridgehead atoms. The first-order valence-electron chi connectivity index (χ1n) is 10.3. The van der Waals surface area contributed by atoms with Crippen molar-refractivity contribution in [1.29, 1.82) is 0 Å². The van der Waals surface area contributed by atoms with E-state index in [0.717, 1.165) is 0 Å². The normalized spacial score (nSPS) is 11.9. The van der Waals surface area contributed by atoms with Gasteiger partial charge in [-0.2, -0.15) is 0 Å². The van der Waals surface area contributed by atoms with Gasteiger partial charge in [0.25, 0.3) is 0 Å². The molecule has 0 saturated heterocycles. The average molecular weight is 460 g/mol. The van der Waals surface area contributed by atoms with E-state index in [1.54, 1.807) is 0 Å². The first kappa shape index (κ1) is 19.4. The van der Waals surface area contributed by atoms with Crippen LogP contribution in [-0.2, 0) is 6.42 Å². The second-order valence-electron chi connectivity index (χ2n) is 7.56. The molecule has 142 valence electrons. The van der Waals surface area contributed by atoms with Crippen molar-refractivity contribution in [2.45, 2.75) is 64.7 Å². The van der Waals surface area contributed by atoms with Crippen molar-refractivity contribution in [2.24, 2.45) is 0 Å². The molecular weight excluding hydrogens is 432 g/mol. The van der Waals surface area contributed by atoms with E-state index in [-0.39, 0.29) is 0 Å². The highest BCUT2D eigenvalue weighted by atomic mass is 79.9. The van der Waals surface area contributed by atoms with Crippen LogP contribution in [0.5, 0.6) is 0 Å². The fourth-order valence-electron chi connectivity index (χ4n) is 3.89. The van der Waals surface area contributed by atoms with Gasteiger partial charge in [-0.05, 0) is 36.6 Å². The van der Waals surface area contributed by atoms with Crippen LogP contribution < -0.4 is 0 Å². The van der Waals surface area contributed by atoms with E-state index in [1.165, 1.54) is 97.4 Å². The SMILES string of the molecule is CCCCCCCCCCc1ccc2c(c1)sc1c3ccc(Br)cc3sc21. The third-order valence-corrected chi connectivity index (χ3v) is 8.42. The summed E-state index contributed by atoms with van der Waals surface area (Å²) in [6.45, 7) is 2.29. The van der Waals surface area contributed by atoms with Crippen molar-refractivity contribution in [2.75, 3.05) is 0 Å². The van der Waals surface area contributed by atoms with E-state index in [0.29, 0.717) is 0 Å². The van der Waals surface area contributed by atoms with Gasteiger partial charge in [0.2, 0.25) is 0 Å². The predicted molar refractivity (Wildman–Crippen MR) is 129 cm³/mol. The number of halogens is 1. The predicted octanol–water partition coefficient (Wildman–Crippen LogP) is 9.71. The van der Waals surface area contributed by atoms with Crippen molar-refractivity contribution in [1.82, 2.24) is 0 Å². The number of hydrogen-bond donors (Lipinski definition) is 0. The van der Waals surface area contributed by atoms with Crippen LogP contribution in [0, 0.1) is 0 Å². The number of benzene rings is 2. The van der Waals surface area contributed by atoms with Crippen LogP contribution >= 0.6 is 38.6 Å². The minimum absolute atomic E-state index is 1.17. The van der Waals surface area contributed by atoms with Crippen molar-refractivity contribution in [3.63, 3.8) is 0 Å². The van der Waals surface area contributed by atoms with Gasteiger partial charge in [0.1, 0.15) is 0 Å². The van der Waals surface area contributed by atoms with Crippen LogP contribution in [0.4, 0.5) is 0 Å². The molecule has 4 aromatic rings. The molecule has 3 heteroatoms. The van der Waals surface area contributed by atoms with Crippen molar-refractivity contribution in [3.05, 3.63) is 46.4 Å². The van der Waals surface area contributed by atoms with Crippen LogP contribution in [-0.4, -0.2) is 0 Å². The quantitative estimate of drug-likeness (QED) is 0.219. The Labute approximate surface area is 178 Å². The summed E-state index contributed by atoms with van der Waals surface area (Å²) in [6, 6.07) is 13.8. The molecule has 2 aromatic carbocycles. The maximum absolute atomic E-state index is 3.60. The molecule has 0 amide bonds. The number of aryl methyl sites for hydroxylation is 1. The van der Waals surface area contributed by atoms with E-state index in [9.17, 15) is 0 Å². The zero-order valence-corrected chi connectivity index (χ0v) is 19.2. The van der Waals surface area contributed by atoms with Crippen molar-refractivity contribution in [3.8, 4) is 0 Å². The summed E-state index contributed by atoms with van der Waals surface area (Å²) in [4.78, 5) is 0. The Morgan fingerprint density at radius 1 is 0.704 bits per heavy atom. The first-order valence-corrected chi connectivity index (χ1v) is 12.7. The molecule has 0 aliphatic heterocycles. The topological polar surface area (TPSA) is 0 Å². The molecule has 0 fully saturated rings. The third kappa shape index (κ3) is 4.41. The minimum Gasteiger partial charge on any atom is -0.134 e. The van der Waals surface area contributed by atoms with E-state index in [4.69, 9.17) is 0 Å². The van der Waals surface area contributed by atoms with Gasteiger partial charge in [0.15, 0.2) is 0 Å². The molecule has 0 aliphatic rings. The highest BCUT2D eigenvalue weighted by Gasteiger charge is 2.12. The lowest BCUT2D eigenvalue weighted by molar-refractivity contribution is 0.575. The maximum Gasteiger partial charge on any atom is 0.0542 e. The molecule has 2 aromatic heterocycles. The Bertz CT molecular complexity index is 1040. The summed E-state index contributed by atoms with van der Waals surface area (Å²) in [5.41, 5.74) is 1.51. The Hall–Kier alpha value is -0.900. The fraction of sp³-hybridized carbons (Fsp3) is 0.417. The minimum atomic E-state index is 1.17. The fourth-order valence-corrected chi connectivity index (χ4v) is 7.16. The second kappa shape index (κ2) is 9.07. The standard InChI is InChI=1S/C24H27BrS2/c1-2-3-4-5-6-7-8-9-10-17-11-13-19-21(15-17)26-24-20-14-12-18(25)16-22(20)27-23(19)24/h11-16H,2-10H2,1H3. The Balaban J connectivity index is 1.41. The smallest absolute Gasteiger partial charge is 0.0542 e. The van der Waals surface area contributed by atoms with Gasteiger partial charge in [-0.1, -0.05) is 86.0 Å². The number of fused-ring (bicyclic) bond motifs is 5. The maximum atomic E-state index is 3.60. The Kier molecular flexibility index (Phi) is 6.52. The highest BCUT2D eigenvalue weighted by molar-refractivity contribution is 9.10. The molecular formula is C24H27BrS2. The lowest BCUT2D eigenvalue weighted by Gasteiger charge is -2.03. The molecule has 0 atom stereocenters. The lowest BCUT2D eigenvalue weighted by Crippen LogP contribution is -1.86. The largest absolute Gasteiger partial charge is 0.134 e. The molecule has 4 rings (SSSR count). The summed E-state index contributed by atoms with van der Waals surface area (Å²) in [6.07, 6.45) is 12.4. The van der Waals surface area contributed by atoms with Crippen LogP contribution in [0.2, 0.25) is 0 Å². The van der Waals surface area contributed by atoms with Crippen LogP contribution in [0.3, 0.4) is 0 Å². The molecule has 27 heavy (non-hydrogen) atoms. The van der Waals surface area contributed by atoms with Crippen LogP contribution in [0.1, 0.15) is 63.9 Å². The summed E-state index contributed by atoms with van der Waals surface area (Å²) >= 11 is 7.50. The first-order chi connectivity index (χ1) is 13.3. The van der Waals surface area contributed by atoms with Gasteiger partial charge in [-0.25, -0.2) is 0 Å². The van der Waals surface area contributed by atoms with Crippen LogP contribution in [0.15, 0.2) is 40.9 Å². The number of unbranched alkanes of at least 4 members (excludes halogenated alkanes) is 7. The zero-order valence-electron chi connectivity index (χ0n) is 16.0. The van der Waals surface area contributed by atoms with Gasteiger partial charge in [0, 0.05) is 24.6 Å². The van der Waals surface area contributed by atoms with Crippen molar-refractivity contribution < 1.29 is 0 Å². The second-order valence-corrected chi connectivity index (χ2v) is 10.6. The highest BCUT2D eigenvalue weighted by Crippen LogP contribution is 2.44. The van der Waals surface area contributed by atoms with E-state index in [1.807, 2.05) is 22.7 Å². The van der Waals surface area contributed by atoms with E-state index >= 15 is 0 Å². The molecule has 2 heterocycles. The number of thiophene rings is 2. The number of hydrogen-bond acceptors (Lipinski definition) is 2. The molecule has 0 aliphatic carbocycles. The third-order valence-electron chi connectivity index (χ3n) is 5.43. The van der Waals surface area contributed by atoms with Gasteiger partial charge in [0.05, 0.1) is 9.40 Å². The zero-order chi connectivity index (χ0) is 18.6. The monoisotopic (exact) mass is 458 g/mol. The molecule has 0 N–H and O–H groups in total. The molecule has 0 spiro atoms. The Morgan fingerprint density at radius 2 is 1.30 bits per heavy atom. The van der Waals surface area contributed by atoms with Crippen LogP contribution in [0.25, 0.3) is 29.6 Å². The Morgan fingerprint density at radius 3 is 2.00 bits per heavy atom. The summed E-state index contributed by atoms with van der Waals surface area (Å²) in [7, 11) is 0. The molecule has 0 saturated carbocycles. The van der Waals surface area contributed by atoms with Gasteiger partial charge in [-0.15, -0.1) is 22.7 Å². The van der Waals surface area contributed by atoms with Gasteiger partial charge >= 0.3 is 0 Å². The molecule has 0 nitrogen and oxygen atoms in total. The molecule has 0 unspecified atom stereocenters. The number of rotatable bonds is 9. The summed E-state index contributed by atoms with van der Waals surface area (Å²) < 4.78 is 6.93. The van der Waals surface area contributed by atoms with E-state index < -0.39 is 0 Å². The van der Waals surface area contributed by atoms with Crippen molar-refractivity contribution >= 4 is 68.2 Å². The summed E-state index contributed by atoms with van der Waals surface area (Å²) in [5.74, 6) is 0. The van der Waals surface area contributed by atoms with E-state index in [2.05, 4.69) is 59.3 Å². The summed E-state index contributed by atoms with van der Waals surface area (Å²) in [5, 5.41) is 2.84. The molecule has 0 radical (unpaired) electrons.